The molecule has 4 heteroatoms. The smallest absolute Gasteiger partial charge is 0.330 e. The quantitative estimate of drug-likeness (QED) is 0.871. The molecular weight excluding hydrogens is 240 g/mol. The largest absolute Gasteiger partial charge is 0.479 e. The van der Waals surface area contributed by atoms with Crippen molar-refractivity contribution in [3.05, 3.63) is 30.3 Å². The van der Waals surface area contributed by atoms with E-state index >= 15 is 0 Å². The first-order chi connectivity index (χ1) is 9.11. The fourth-order valence-electron chi connectivity index (χ4n) is 3.15. The Morgan fingerprint density at radius 2 is 2.05 bits per heavy atom. The molecule has 19 heavy (non-hydrogen) atoms. The Kier molecular flexibility index (Phi) is 2.97. The number of rotatable bonds is 4. The second kappa shape index (κ2) is 4.53. The maximum absolute atomic E-state index is 11.8. The lowest BCUT2D eigenvalue weighted by molar-refractivity contribution is -0.141. The molecule has 1 saturated heterocycles. The molecule has 3 rings (SSSR count). The van der Waals surface area contributed by atoms with Gasteiger partial charge in [-0.2, -0.15) is 0 Å². The molecule has 1 saturated carbocycles. The van der Waals surface area contributed by atoms with E-state index in [0.29, 0.717) is 25.0 Å². The standard InChI is InChI=1S/C15H20N2O2/c1-11-9-15(14(18)19,10-17(11)13-7-8-13)16-12-5-3-2-4-6-12/h2-6,11,13,16H,7-10H2,1H3,(H,18,19). The van der Waals surface area contributed by atoms with Crippen LogP contribution in [0.1, 0.15) is 26.2 Å². The average Bonchev–Trinajstić information content (AvgIpc) is 3.16. The van der Waals surface area contributed by atoms with Crippen molar-refractivity contribution in [3.8, 4) is 0 Å². The van der Waals surface area contributed by atoms with Gasteiger partial charge in [-0.25, -0.2) is 4.79 Å². The number of carbonyl (C=O) groups is 1. The molecule has 2 N–H and O–H groups in total. The lowest BCUT2D eigenvalue weighted by Gasteiger charge is -2.27. The Morgan fingerprint density at radius 3 is 2.63 bits per heavy atom. The topological polar surface area (TPSA) is 52.6 Å². The monoisotopic (exact) mass is 260 g/mol. The number of carboxylic acid groups (broad SMARTS) is 1. The van der Waals surface area contributed by atoms with E-state index in [-0.39, 0.29) is 0 Å². The highest BCUT2D eigenvalue weighted by molar-refractivity contribution is 5.84. The normalized spacial score (nSPS) is 31.3. The molecule has 0 spiro atoms. The number of carboxylic acids is 1. The first-order valence-corrected chi connectivity index (χ1v) is 6.93. The van der Waals surface area contributed by atoms with Crippen LogP contribution in [0, 0.1) is 0 Å². The van der Waals surface area contributed by atoms with Crippen LogP contribution < -0.4 is 5.32 Å². The van der Waals surface area contributed by atoms with Crippen LogP contribution in [0.5, 0.6) is 0 Å². The summed E-state index contributed by atoms with van der Waals surface area (Å²) in [5, 5.41) is 12.9. The van der Waals surface area contributed by atoms with Gasteiger partial charge in [0.2, 0.25) is 0 Å². The number of nitrogens with one attached hydrogen (secondary N) is 1. The molecule has 2 unspecified atom stereocenters. The van der Waals surface area contributed by atoms with Gasteiger partial charge < -0.3 is 10.4 Å². The van der Waals surface area contributed by atoms with Crippen LogP contribution >= 0.6 is 0 Å². The van der Waals surface area contributed by atoms with Crippen LogP contribution in [0.15, 0.2) is 30.3 Å². The fraction of sp³-hybridized carbons (Fsp3) is 0.533. The van der Waals surface area contributed by atoms with Crippen LogP contribution in [0.2, 0.25) is 0 Å². The van der Waals surface area contributed by atoms with Gasteiger partial charge in [0.05, 0.1) is 0 Å². The predicted octanol–water partition coefficient (Wildman–Crippen LogP) is 2.18. The highest BCUT2D eigenvalue weighted by atomic mass is 16.4. The van der Waals surface area contributed by atoms with Gasteiger partial charge in [-0.3, -0.25) is 4.90 Å². The number of aliphatic carboxylic acids is 1. The minimum atomic E-state index is -0.844. The van der Waals surface area contributed by atoms with E-state index < -0.39 is 11.5 Å². The molecule has 0 bridgehead atoms. The van der Waals surface area contributed by atoms with E-state index in [2.05, 4.69) is 17.1 Å². The molecule has 0 aromatic heterocycles. The van der Waals surface area contributed by atoms with Crippen molar-refractivity contribution in [2.24, 2.45) is 0 Å². The third-order valence-electron chi connectivity index (χ3n) is 4.25. The van der Waals surface area contributed by atoms with E-state index in [4.69, 9.17) is 0 Å². The molecule has 1 heterocycles. The van der Waals surface area contributed by atoms with Crippen LogP contribution in [0.3, 0.4) is 0 Å². The molecule has 2 fully saturated rings. The van der Waals surface area contributed by atoms with E-state index in [1.807, 2.05) is 30.3 Å². The van der Waals surface area contributed by atoms with Gasteiger partial charge in [0.25, 0.3) is 0 Å². The molecule has 2 atom stereocenters. The summed E-state index contributed by atoms with van der Waals surface area (Å²) in [6.45, 7) is 2.73. The predicted molar refractivity (Wildman–Crippen MR) is 74.2 cm³/mol. The maximum Gasteiger partial charge on any atom is 0.330 e. The van der Waals surface area contributed by atoms with Crippen molar-refractivity contribution in [1.82, 2.24) is 4.90 Å². The summed E-state index contributed by atoms with van der Waals surface area (Å²) >= 11 is 0. The first kappa shape index (κ1) is 12.5. The summed E-state index contributed by atoms with van der Waals surface area (Å²) in [4.78, 5) is 14.1. The van der Waals surface area contributed by atoms with Crippen molar-refractivity contribution in [2.45, 2.75) is 43.8 Å². The fourth-order valence-corrected chi connectivity index (χ4v) is 3.15. The molecule has 1 aliphatic carbocycles. The minimum absolute atomic E-state index is 0.333. The summed E-state index contributed by atoms with van der Waals surface area (Å²) in [6, 6.07) is 10.6. The van der Waals surface area contributed by atoms with E-state index in [9.17, 15) is 9.90 Å². The number of anilines is 1. The molecule has 0 amide bonds. The van der Waals surface area contributed by atoms with Crippen molar-refractivity contribution < 1.29 is 9.90 Å². The Morgan fingerprint density at radius 1 is 1.37 bits per heavy atom. The second-order valence-corrected chi connectivity index (χ2v) is 5.83. The Labute approximate surface area is 113 Å². The van der Waals surface area contributed by atoms with E-state index in [0.717, 1.165) is 5.69 Å². The average molecular weight is 260 g/mol. The number of benzene rings is 1. The van der Waals surface area contributed by atoms with Crippen LogP contribution in [0.4, 0.5) is 5.69 Å². The molecule has 1 aromatic carbocycles. The summed E-state index contributed by atoms with van der Waals surface area (Å²) in [5.74, 6) is -0.744. The van der Waals surface area contributed by atoms with Gasteiger partial charge in [-0.15, -0.1) is 0 Å². The van der Waals surface area contributed by atoms with Gasteiger partial charge in [-0.1, -0.05) is 18.2 Å². The Balaban J connectivity index is 1.82. The van der Waals surface area contributed by atoms with E-state index in [1.165, 1.54) is 12.8 Å². The van der Waals surface area contributed by atoms with Gasteiger partial charge in [0.15, 0.2) is 0 Å². The molecule has 1 aliphatic heterocycles. The zero-order valence-corrected chi connectivity index (χ0v) is 11.2. The highest BCUT2D eigenvalue weighted by Crippen LogP contribution is 2.38. The number of hydrogen-bond acceptors (Lipinski definition) is 3. The number of para-hydroxylation sites is 1. The third kappa shape index (κ3) is 2.32. The number of likely N-dealkylation sites (tertiary alicyclic amines) is 1. The van der Waals surface area contributed by atoms with Crippen LogP contribution in [-0.4, -0.2) is 40.1 Å². The summed E-state index contributed by atoms with van der Waals surface area (Å²) in [5.41, 5.74) is 0.0401. The molecule has 2 aliphatic rings. The van der Waals surface area contributed by atoms with Crippen LogP contribution in [-0.2, 0) is 4.79 Å². The zero-order valence-electron chi connectivity index (χ0n) is 11.2. The summed E-state index contributed by atoms with van der Waals surface area (Å²) in [6.07, 6.45) is 3.09. The van der Waals surface area contributed by atoms with Gasteiger partial charge in [-0.05, 0) is 38.3 Å². The van der Waals surface area contributed by atoms with Gasteiger partial charge in [0, 0.05) is 24.3 Å². The van der Waals surface area contributed by atoms with Crippen LogP contribution in [0.25, 0.3) is 0 Å². The number of nitrogens with zero attached hydrogens (tertiary/aromatic N) is 1. The molecule has 0 radical (unpaired) electrons. The van der Waals surface area contributed by atoms with Crippen molar-refractivity contribution in [1.29, 1.82) is 0 Å². The summed E-state index contributed by atoms with van der Waals surface area (Å²) < 4.78 is 0. The highest BCUT2D eigenvalue weighted by Gasteiger charge is 2.51. The molecule has 102 valence electrons. The van der Waals surface area contributed by atoms with Gasteiger partial charge >= 0.3 is 5.97 Å². The van der Waals surface area contributed by atoms with Gasteiger partial charge in [0.1, 0.15) is 5.54 Å². The molecular formula is C15H20N2O2. The SMILES string of the molecule is CC1CC(Nc2ccccc2)(C(=O)O)CN1C1CC1. The van der Waals surface area contributed by atoms with Crippen molar-refractivity contribution in [3.63, 3.8) is 0 Å². The first-order valence-electron chi connectivity index (χ1n) is 6.93. The molecule has 1 aromatic rings. The van der Waals surface area contributed by atoms with Crippen molar-refractivity contribution in [2.75, 3.05) is 11.9 Å². The van der Waals surface area contributed by atoms with E-state index in [1.54, 1.807) is 0 Å². The zero-order chi connectivity index (χ0) is 13.5. The lowest BCUT2D eigenvalue weighted by Crippen LogP contribution is -2.49. The van der Waals surface area contributed by atoms with Crippen molar-refractivity contribution >= 4 is 11.7 Å². The molecule has 4 nitrogen and oxygen atoms in total. The Bertz CT molecular complexity index is 472. The Hall–Kier alpha value is -1.55. The summed E-state index contributed by atoms with van der Waals surface area (Å²) in [7, 11) is 0. The maximum atomic E-state index is 11.8. The number of hydrogen-bond donors (Lipinski definition) is 2. The minimum Gasteiger partial charge on any atom is -0.479 e. The third-order valence-corrected chi connectivity index (χ3v) is 4.25. The lowest BCUT2D eigenvalue weighted by atomic mass is 9.96. The second-order valence-electron chi connectivity index (χ2n) is 5.83.